The zero-order valence-corrected chi connectivity index (χ0v) is 17.5. The number of methoxy groups -OCH3 is 1. The number of carbonyl (C=O) groups is 2. The minimum Gasteiger partial charge on any atom is -0.469 e. The average molecular weight is 409 g/mol. The van der Waals surface area contributed by atoms with Crippen molar-refractivity contribution in [2.75, 3.05) is 12.4 Å². The second-order valence-electron chi connectivity index (χ2n) is 7.12. The summed E-state index contributed by atoms with van der Waals surface area (Å²) in [5.41, 5.74) is 4.89. The lowest BCUT2D eigenvalue weighted by Crippen LogP contribution is -2.13. The number of nitrogens with one attached hydrogen (secondary N) is 1. The van der Waals surface area contributed by atoms with Crippen molar-refractivity contribution >= 4 is 17.6 Å². The molecule has 0 spiro atoms. The zero-order chi connectivity index (χ0) is 21.8. The summed E-state index contributed by atoms with van der Waals surface area (Å²) >= 11 is 0. The molecular formula is C23H24FN3O3. The van der Waals surface area contributed by atoms with Crippen LogP contribution in [0.3, 0.4) is 0 Å². The van der Waals surface area contributed by atoms with Gasteiger partial charge in [0.25, 0.3) is 5.91 Å². The SMILES string of the molecule is COC(=O)CCc1c(C)nn(-c2ccc(C(=O)Nc3ccc(C)cc3F)cc2)c1C. The molecule has 30 heavy (non-hydrogen) atoms. The number of esters is 1. The average Bonchev–Trinajstić information content (AvgIpc) is 3.01. The van der Waals surface area contributed by atoms with E-state index in [1.807, 2.05) is 13.8 Å². The fourth-order valence-electron chi connectivity index (χ4n) is 3.29. The molecule has 3 aromatic rings. The Labute approximate surface area is 174 Å². The van der Waals surface area contributed by atoms with Crippen LogP contribution in [-0.4, -0.2) is 28.8 Å². The van der Waals surface area contributed by atoms with E-state index in [0.29, 0.717) is 18.4 Å². The van der Waals surface area contributed by atoms with Gasteiger partial charge in [0.1, 0.15) is 5.82 Å². The number of ether oxygens (including phenoxy) is 1. The molecule has 0 atom stereocenters. The number of amides is 1. The number of halogens is 1. The van der Waals surface area contributed by atoms with E-state index in [9.17, 15) is 14.0 Å². The summed E-state index contributed by atoms with van der Waals surface area (Å²) in [7, 11) is 1.37. The van der Waals surface area contributed by atoms with Crippen molar-refractivity contribution in [3.8, 4) is 5.69 Å². The Morgan fingerprint density at radius 2 is 1.80 bits per heavy atom. The number of hydrogen-bond acceptors (Lipinski definition) is 4. The third kappa shape index (κ3) is 4.56. The lowest BCUT2D eigenvalue weighted by molar-refractivity contribution is -0.140. The fourth-order valence-corrected chi connectivity index (χ4v) is 3.29. The summed E-state index contributed by atoms with van der Waals surface area (Å²) in [5, 5.41) is 7.15. The Morgan fingerprint density at radius 1 is 1.10 bits per heavy atom. The first-order chi connectivity index (χ1) is 14.3. The number of anilines is 1. The molecule has 1 aromatic heterocycles. The van der Waals surface area contributed by atoms with E-state index >= 15 is 0 Å². The topological polar surface area (TPSA) is 73.2 Å². The van der Waals surface area contributed by atoms with Crippen molar-refractivity contribution in [3.63, 3.8) is 0 Å². The maximum Gasteiger partial charge on any atom is 0.305 e. The van der Waals surface area contributed by atoms with Crippen LogP contribution in [0.15, 0.2) is 42.5 Å². The number of nitrogens with zero attached hydrogens (tertiary/aromatic N) is 2. The molecule has 0 bridgehead atoms. The van der Waals surface area contributed by atoms with Gasteiger partial charge in [-0.05, 0) is 74.7 Å². The van der Waals surface area contributed by atoms with Crippen LogP contribution in [0.1, 0.15) is 39.3 Å². The fraction of sp³-hybridized carbons (Fsp3) is 0.261. The van der Waals surface area contributed by atoms with Gasteiger partial charge in [-0.2, -0.15) is 5.10 Å². The number of hydrogen-bond donors (Lipinski definition) is 1. The van der Waals surface area contributed by atoms with Crippen molar-refractivity contribution in [2.45, 2.75) is 33.6 Å². The van der Waals surface area contributed by atoms with Gasteiger partial charge in [0.05, 0.1) is 24.2 Å². The highest BCUT2D eigenvalue weighted by Gasteiger charge is 2.15. The molecule has 0 aliphatic heterocycles. The van der Waals surface area contributed by atoms with Crippen LogP contribution >= 0.6 is 0 Å². The monoisotopic (exact) mass is 409 g/mol. The summed E-state index contributed by atoms with van der Waals surface area (Å²) < 4.78 is 20.5. The highest BCUT2D eigenvalue weighted by molar-refractivity contribution is 6.04. The molecule has 1 heterocycles. The van der Waals surface area contributed by atoms with Crippen LogP contribution in [0.2, 0.25) is 0 Å². The molecule has 0 radical (unpaired) electrons. The largest absolute Gasteiger partial charge is 0.469 e. The van der Waals surface area contributed by atoms with Gasteiger partial charge in [-0.15, -0.1) is 0 Å². The van der Waals surface area contributed by atoms with E-state index in [4.69, 9.17) is 4.74 Å². The van der Waals surface area contributed by atoms with E-state index in [-0.39, 0.29) is 11.7 Å². The quantitative estimate of drug-likeness (QED) is 0.616. The molecule has 0 saturated heterocycles. The second-order valence-corrected chi connectivity index (χ2v) is 7.12. The number of aromatic nitrogens is 2. The van der Waals surface area contributed by atoms with E-state index in [2.05, 4.69) is 10.4 Å². The Morgan fingerprint density at radius 3 is 2.43 bits per heavy atom. The molecular weight excluding hydrogens is 385 g/mol. The molecule has 156 valence electrons. The van der Waals surface area contributed by atoms with Gasteiger partial charge < -0.3 is 10.1 Å². The molecule has 6 nitrogen and oxygen atoms in total. The number of rotatable bonds is 6. The first-order valence-corrected chi connectivity index (χ1v) is 9.60. The molecule has 7 heteroatoms. The first-order valence-electron chi connectivity index (χ1n) is 9.60. The van der Waals surface area contributed by atoms with Gasteiger partial charge in [-0.3, -0.25) is 9.59 Å². The molecule has 1 amide bonds. The van der Waals surface area contributed by atoms with Crippen molar-refractivity contribution in [1.82, 2.24) is 9.78 Å². The normalized spacial score (nSPS) is 10.7. The molecule has 0 aliphatic carbocycles. The van der Waals surface area contributed by atoms with Gasteiger partial charge in [0.15, 0.2) is 0 Å². The Bertz CT molecular complexity index is 1090. The van der Waals surface area contributed by atoms with Crippen LogP contribution < -0.4 is 5.32 Å². The Balaban J connectivity index is 1.77. The van der Waals surface area contributed by atoms with Crippen LogP contribution in [0.4, 0.5) is 10.1 Å². The van der Waals surface area contributed by atoms with Crippen molar-refractivity contribution in [3.05, 3.63) is 76.4 Å². The predicted molar refractivity (Wildman–Crippen MR) is 112 cm³/mol. The van der Waals surface area contributed by atoms with Crippen LogP contribution in [-0.2, 0) is 16.0 Å². The summed E-state index contributed by atoms with van der Waals surface area (Å²) in [6, 6.07) is 11.6. The van der Waals surface area contributed by atoms with Crippen molar-refractivity contribution in [1.29, 1.82) is 0 Å². The highest BCUT2D eigenvalue weighted by atomic mass is 19.1. The van der Waals surface area contributed by atoms with Crippen LogP contribution in [0.25, 0.3) is 5.69 Å². The predicted octanol–water partition coefficient (Wildman–Crippen LogP) is 4.29. The van der Waals surface area contributed by atoms with Crippen LogP contribution in [0, 0.1) is 26.6 Å². The number of carbonyl (C=O) groups excluding carboxylic acids is 2. The lowest BCUT2D eigenvalue weighted by atomic mass is 10.1. The third-order valence-corrected chi connectivity index (χ3v) is 4.99. The molecule has 0 aliphatic rings. The minimum absolute atomic E-state index is 0.142. The van der Waals surface area contributed by atoms with Gasteiger partial charge in [0.2, 0.25) is 0 Å². The Hall–Kier alpha value is -3.48. The first kappa shape index (κ1) is 21.2. The maximum absolute atomic E-state index is 14.0. The van der Waals surface area contributed by atoms with E-state index in [1.165, 1.54) is 13.2 Å². The third-order valence-electron chi connectivity index (χ3n) is 4.99. The molecule has 3 rings (SSSR count). The summed E-state index contributed by atoms with van der Waals surface area (Å²) in [6.07, 6.45) is 0.839. The molecule has 1 N–H and O–H groups in total. The van der Waals surface area contributed by atoms with Crippen molar-refractivity contribution in [2.24, 2.45) is 0 Å². The highest BCUT2D eigenvalue weighted by Crippen LogP contribution is 2.21. The second kappa shape index (κ2) is 8.90. The maximum atomic E-state index is 14.0. The van der Waals surface area contributed by atoms with Gasteiger partial charge in [-0.1, -0.05) is 6.07 Å². The van der Waals surface area contributed by atoms with Gasteiger partial charge >= 0.3 is 5.97 Å². The summed E-state index contributed by atoms with van der Waals surface area (Å²) in [5.74, 6) is -1.12. The zero-order valence-electron chi connectivity index (χ0n) is 17.5. The minimum atomic E-state index is -0.470. The van der Waals surface area contributed by atoms with Crippen LogP contribution in [0.5, 0.6) is 0 Å². The Kier molecular flexibility index (Phi) is 6.30. The van der Waals surface area contributed by atoms with E-state index < -0.39 is 11.7 Å². The molecule has 0 unspecified atom stereocenters. The van der Waals surface area contributed by atoms with E-state index in [1.54, 1.807) is 48.0 Å². The van der Waals surface area contributed by atoms with Gasteiger partial charge in [-0.25, -0.2) is 9.07 Å². The number of benzene rings is 2. The molecule has 0 saturated carbocycles. The molecule has 0 fully saturated rings. The number of aryl methyl sites for hydroxylation is 2. The molecule has 2 aromatic carbocycles. The van der Waals surface area contributed by atoms with E-state index in [0.717, 1.165) is 28.2 Å². The smallest absolute Gasteiger partial charge is 0.305 e. The van der Waals surface area contributed by atoms with Crippen molar-refractivity contribution < 1.29 is 18.7 Å². The standard InChI is InChI=1S/C23H24FN3O3/c1-14-5-11-21(20(24)13-14)25-23(29)17-6-8-18(9-7-17)27-16(3)19(15(2)26-27)10-12-22(28)30-4/h5-9,11,13H,10,12H2,1-4H3,(H,25,29). The summed E-state index contributed by atoms with van der Waals surface area (Å²) in [6.45, 7) is 5.62. The van der Waals surface area contributed by atoms with Gasteiger partial charge in [0, 0.05) is 17.7 Å². The lowest BCUT2D eigenvalue weighted by Gasteiger charge is -2.09. The summed E-state index contributed by atoms with van der Waals surface area (Å²) in [4.78, 5) is 23.9.